The van der Waals surface area contributed by atoms with Gasteiger partial charge in [0.05, 0.1) is 10.7 Å². The number of carbonyl (C=O) groups excluding carboxylic acids is 1. The van der Waals surface area contributed by atoms with Crippen LogP contribution in [0.3, 0.4) is 0 Å². The molecule has 0 radical (unpaired) electrons. The number of nitrogens with zero attached hydrogens (tertiary/aromatic N) is 2. The van der Waals surface area contributed by atoms with Crippen molar-refractivity contribution in [1.82, 2.24) is 9.97 Å². The maximum atomic E-state index is 12.4. The number of aromatic nitrogens is 2. The smallest absolute Gasteiger partial charge is 0.274 e. The van der Waals surface area contributed by atoms with Crippen LogP contribution in [0.15, 0.2) is 24.3 Å². The van der Waals surface area contributed by atoms with E-state index in [1.54, 1.807) is 24.3 Å². The quantitative estimate of drug-likeness (QED) is 0.770. The van der Waals surface area contributed by atoms with Crippen LogP contribution in [0, 0.1) is 12.8 Å². The Bertz CT molecular complexity index is 735. The first kappa shape index (κ1) is 18.5. The minimum atomic E-state index is -0.364. The average molecular weight is 367 g/mol. The summed E-state index contributed by atoms with van der Waals surface area (Å²) in [5.41, 5.74) is 1.42. The van der Waals surface area contributed by atoms with Crippen LogP contribution < -0.4 is 10.6 Å². The van der Waals surface area contributed by atoms with Crippen LogP contribution in [0.1, 0.15) is 36.5 Å². The van der Waals surface area contributed by atoms with Gasteiger partial charge in [-0.3, -0.25) is 4.79 Å². The summed E-state index contributed by atoms with van der Waals surface area (Å²) in [6.45, 7) is 6.86. The van der Waals surface area contributed by atoms with E-state index < -0.39 is 0 Å². The molecule has 128 valence electrons. The van der Waals surface area contributed by atoms with Crippen LogP contribution in [0.4, 0.5) is 11.6 Å². The Kier molecular flexibility index (Phi) is 6.40. The first-order valence-electron chi connectivity index (χ1n) is 7.71. The fourth-order valence-corrected chi connectivity index (χ4v) is 2.35. The number of anilines is 2. The van der Waals surface area contributed by atoms with Crippen molar-refractivity contribution < 1.29 is 4.79 Å². The molecule has 0 atom stereocenters. The van der Waals surface area contributed by atoms with E-state index in [1.165, 1.54) is 0 Å². The van der Waals surface area contributed by atoms with E-state index in [4.69, 9.17) is 23.2 Å². The van der Waals surface area contributed by atoms with Crippen molar-refractivity contribution in [1.29, 1.82) is 0 Å². The molecule has 7 heteroatoms. The van der Waals surface area contributed by atoms with Crippen LogP contribution in [0.2, 0.25) is 10.0 Å². The van der Waals surface area contributed by atoms with Crippen molar-refractivity contribution >= 4 is 40.7 Å². The third-order valence-electron chi connectivity index (χ3n) is 3.27. The van der Waals surface area contributed by atoms with Crippen LogP contribution >= 0.6 is 23.2 Å². The van der Waals surface area contributed by atoms with E-state index >= 15 is 0 Å². The Morgan fingerprint density at radius 1 is 1.21 bits per heavy atom. The molecule has 0 bridgehead atoms. The van der Waals surface area contributed by atoms with Crippen molar-refractivity contribution in [2.45, 2.75) is 27.2 Å². The van der Waals surface area contributed by atoms with Gasteiger partial charge in [0.25, 0.3) is 5.91 Å². The lowest BCUT2D eigenvalue weighted by atomic mass is 10.1. The Hall–Kier alpha value is -1.85. The molecule has 2 aromatic rings. The van der Waals surface area contributed by atoms with Crippen LogP contribution in [-0.4, -0.2) is 22.4 Å². The normalized spacial score (nSPS) is 10.8. The minimum absolute atomic E-state index is 0.269. The SMILES string of the molecule is Cc1cc(C(=O)Nc2cc(Cl)ccc2Cl)nc(NCCC(C)C)n1. The summed E-state index contributed by atoms with van der Waals surface area (Å²) in [7, 11) is 0. The van der Waals surface area contributed by atoms with Gasteiger partial charge >= 0.3 is 0 Å². The van der Waals surface area contributed by atoms with Gasteiger partial charge in [-0.05, 0) is 43.5 Å². The lowest BCUT2D eigenvalue weighted by molar-refractivity contribution is 0.102. The second-order valence-electron chi connectivity index (χ2n) is 5.91. The Balaban J connectivity index is 2.14. The van der Waals surface area contributed by atoms with Crippen molar-refractivity contribution in [2.24, 2.45) is 5.92 Å². The zero-order chi connectivity index (χ0) is 17.7. The van der Waals surface area contributed by atoms with Crippen LogP contribution in [-0.2, 0) is 0 Å². The first-order chi connectivity index (χ1) is 11.3. The van der Waals surface area contributed by atoms with Crippen LogP contribution in [0.5, 0.6) is 0 Å². The molecule has 1 aromatic heterocycles. The van der Waals surface area contributed by atoms with Gasteiger partial charge in [0, 0.05) is 17.3 Å². The summed E-state index contributed by atoms with van der Waals surface area (Å²) in [5.74, 6) is 0.657. The molecule has 1 amide bonds. The summed E-state index contributed by atoms with van der Waals surface area (Å²) in [4.78, 5) is 21.0. The van der Waals surface area contributed by atoms with Crippen molar-refractivity contribution in [3.63, 3.8) is 0 Å². The molecular weight excluding hydrogens is 347 g/mol. The largest absolute Gasteiger partial charge is 0.354 e. The summed E-state index contributed by atoms with van der Waals surface area (Å²) in [5, 5.41) is 6.77. The summed E-state index contributed by atoms with van der Waals surface area (Å²) >= 11 is 12.0. The zero-order valence-electron chi connectivity index (χ0n) is 13.9. The highest BCUT2D eigenvalue weighted by atomic mass is 35.5. The topological polar surface area (TPSA) is 66.9 Å². The van der Waals surface area contributed by atoms with Gasteiger partial charge in [-0.2, -0.15) is 0 Å². The predicted octanol–water partition coefficient (Wildman–Crippen LogP) is 4.80. The number of benzene rings is 1. The van der Waals surface area contributed by atoms with E-state index in [-0.39, 0.29) is 11.6 Å². The highest BCUT2D eigenvalue weighted by molar-refractivity contribution is 6.35. The molecule has 2 rings (SSSR count). The summed E-state index contributed by atoms with van der Waals surface area (Å²) < 4.78 is 0. The molecule has 0 aliphatic heterocycles. The summed E-state index contributed by atoms with van der Waals surface area (Å²) in [6.07, 6.45) is 0.997. The van der Waals surface area contributed by atoms with E-state index in [1.807, 2.05) is 6.92 Å². The fraction of sp³-hybridized carbons (Fsp3) is 0.353. The van der Waals surface area contributed by atoms with Crippen molar-refractivity contribution in [3.05, 3.63) is 45.7 Å². The second-order valence-corrected chi connectivity index (χ2v) is 6.75. The molecule has 24 heavy (non-hydrogen) atoms. The van der Waals surface area contributed by atoms with E-state index in [0.29, 0.717) is 33.3 Å². The van der Waals surface area contributed by atoms with E-state index in [0.717, 1.165) is 13.0 Å². The number of hydrogen-bond acceptors (Lipinski definition) is 4. The number of aryl methyl sites for hydroxylation is 1. The van der Waals surface area contributed by atoms with Crippen molar-refractivity contribution in [3.8, 4) is 0 Å². The zero-order valence-corrected chi connectivity index (χ0v) is 15.4. The molecule has 0 aliphatic rings. The number of halogens is 2. The van der Waals surface area contributed by atoms with Gasteiger partial charge in [-0.15, -0.1) is 0 Å². The molecular formula is C17H20Cl2N4O. The lowest BCUT2D eigenvalue weighted by Gasteiger charge is -2.10. The van der Waals surface area contributed by atoms with Gasteiger partial charge in [0.1, 0.15) is 5.69 Å². The fourth-order valence-electron chi connectivity index (χ4n) is 2.02. The first-order valence-corrected chi connectivity index (χ1v) is 8.46. The Morgan fingerprint density at radius 2 is 1.96 bits per heavy atom. The molecule has 0 saturated carbocycles. The molecule has 0 spiro atoms. The predicted molar refractivity (Wildman–Crippen MR) is 99.1 cm³/mol. The molecule has 0 unspecified atom stereocenters. The molecule has 0 aliphatic carbocycles. The van der Waals surface area contributed by atoms with Gasteiger partial charge in [0.2, 0.25) is 5.95 Å². The third-order valence-corrected chi connectivity index (χ3v) is 3.83. The Labute approximate surface area is 151 Å². The molecule has 0 saturated heterocycles. The van der Waals surface area contributed by atoms with Gasteiger partial charge in [-0.1, -0.05) is 37.0 Å². The summed E-state index contributed by atoms with van der Waals surface area (Å²) in [6, 6.07) is 6.51. The monoisotopic (exact) mass is 366 g/mol. The average Bonchev–Trinajstić information content (AvgIpc) is 2.50. The van der Waals surface area contributed by atoms with Gasteiger partial charge in [0.15, 0.2) is 0 Å². The minimum Gasteiger partial charge on any atom is -0.354 e. The van der Waals surface area contributed by atoms with Crippen LogP contribution in [0.25, 0.3) is 0 Å². The molecule has 1 heterocycles. The Morgan fingerprint density at radius 3 is 2.67 bits per heavy atom. The maximum Gasteiger partial charge on any atom is 0.274 e. The highest BCUT2D eigenvalue weighted by Crippen LogP contribution is 2.25. The number of amides is 1. The molecule has 0 fully saturated rings. The molecule has 5 nitrogen and oxygen atoms in total. The maximum absolute atomic E-state index is 12.4. The standard InChI is InChI=1S/C17H20Cl2N4O/c1-10(2)6-7-20-17-21-11(3)8-15(23-17)16(24)22-14-9-12(18)4-5-13(14)19/h4-5,8-10H,6-7H2,1-3H3,(H,22,24)(H,20,21,23). The van der Waals surface area contributed by atoms with Gasteiger partial charge in [-0.25, -0.2) is 9.97 Å². The lowest BCUT2D eigenvalue weighted by Crippen LogP contribution is -2.17. The number of hydrogen-bond donors (Lipinski definition) is 2. The van der Waals surface area contributed by atoms with E-state index in [9.17, 15) is 4.79 Å². The number of carbonyl (C=O) groups is 1. The second kappa shape index (κ2) is 8.31. The highest BCUT2D eigenvalue weighted by Gasteiger charge is 2.13. The molecule has 1 aromatic carbocycles. The van der Waals surface area contributed by atoms with E-state index in [2.05, 4.69) is 34.4 Å². The number of rotatable bonds is 6. The molecule has 2 N–H and O–H groups in total. The third kappa shape index (κ3) is 5.35. The van der Waals surface area contributed by atoms with Gasteiger partial charge < -0.3 is 10.6 Å². The van der Waals surface area contributed by atoms with Crippen molar-refractivity contribution in [2.75, 3.05) is 17.2 Å². The number of nitrogens with one attached hydrogen (secondary N) is 2.